The fourth-order valence-electron chi connectivity index (χ4n) is 1.26. The molecule has 9 heteroatoms. The molecule has 0 aliphatic rings. The van der Waals surface area contributed by atoms with E-state index in [-0.39, 0.29) is 12.0 Å². The standard InChI is InChI=1S/C11H14F6O3/c1-4-6(2)8(18)20-7(3)5-9(19,10(12,13)14)11(15,16)17/h7,19H,2,4-5H2,1,3H3. The third-order valence-electron chi connectivity index (χ3n) is 2.54. The number of carbonyl (C=O) groups is 1. The van der Waals surface area contributed by atoms with Gasteiger partial charge in [0, 0.05) is 12.0 Å². The highest BCUT2D eigenvalue weighted by atomic mass is 19.4. The normalized spacial score (nSPS) is 14.8. The SMILES string of the molecule is C=C(CC)C(=O)OC(C)CC(O)(C(F)(F)F)C(F)(F)F. The molecule has 118 valence electrons. The molecule has 1 N–H and O–H groups in total. The van der Waals surface area contributed by atoms with Crippen LogP contribution in [0.5, 0.6) is 0 Å². The van der Waals surface area contributed by atoms with E-state index in [0.717, 1.165) is 6.92 Å². The number of hydrogen-bond donors (Lipinski definition) is 1. The second-order valence-corrected chi connectivity index (χ2v) is 4.23. The van der Waals surface area contributed by atoms with Crippen molar-refractivity contribution >= 4 is 5.97 Å². The summed E-state index contributed by atoms with van der Waals surface area (Å²) in [5.41, 5.74) is -5.04. The lowest BCUT2D eigenvalue weighted by Crippen LogP contribution is -2.58. The quantitative estimate of drug-likeness (QED) is 0.482. The van der Waals surface area contributed by atoms with E-state index in [0.29, 0.717) is 0 Å². The Balaban J connectivity index is 5.04. The predicted molar refractivity (Wildman–Crippen MR) is 56.7 cm³/mol. The molecule has 0 rings (SSSR count). The number of rotatable bonds is 5. The van der Waals surface area contributed by atoms with Gasteiger partial charge in [0.05, 0.1) is 0 Å². The molecule has 0 saturated carbocycles. The van der Waals surface area contributed by atoms with Gasteiger partial charge in [-0.25, -0.2) is 4.79 Å². The summed E-state index contributed by atoms with van der Waals surface area (Å²) >= 11 is 0. The summed E-state index contributed by atoms with van der Waals surface area (Å²) in [6.07, 6.45) is -15.4. The lowest BCUT2D eigenvalue weighted by Gasteiger charge is -2.34. The average molecular weight is 308 g/mol. The highest BCUT2D eigenvalue weighted by molar-refractivity contribution is 5.87. The molecule has 0 heterocycles. The first kappa shape index (κ1) is 18.8. The summed E-state index contributed by atoms with van der Waals surface area (Å²) in [6, 6.07) is 0. The van der Waals surface area contributed by atoms with Crippen LogP contribution in [0.3, 0.4) is 0 Å². The van der Waals surface area contributed by atoms with Gasteiger partial charge in [-0.2, -0.15) is 26.3 Å². The molecular weight excluding hydrogens is 294 g/mol. The molecule has 0 spiro atoms. The van der Waals surface area contributed by atoms with Crippen LogP contribution in [0.2, 0.25) is 0 Å². The largest absolute Gasteiger partial charge is 0.459 e. The second-order valence-electron chi connectivity index (χ2n) is 4.23. The highest BCUT2D eigenvalue weighted by Gasteiger charge is 2.70. The fourth-order valence-corrected chi connectivity index (χ4v) is 1.26. The molecule has 1 atom stereocenters. The van der Waals surface area contributed by atoms with Crippen molar-refractivity contribution in [3.05, 3.63) is 12.2 Å². The molecule has 0 fully saturated rings. The minimum Gasteiger partial charge on any atom is -0.459 e. The molecule has 0 amide bonds. The van der Waals surface area contributed by atoms with Gasteiger partial charge in [-0.1, -0.05) is 13.5 Å². The molecule has 0 aliphatic carbocycles. The number of aliphatic hydroxyl groups is 1. The number of alkyl halides is 6. The van der Waals surface area contributed by atoms with Crippen LogP contribution < -0.4 is 0 Å². The Hall–Kier alpha value is -1.25. The predicted octanol–water partition coefficient (Wildman–Crippen LogP) is 3.13. The van der Waals surface area contributed by atoms with Crippen LogP contribution in [-0.4, -0.2) is 35.1 Å². The summed E-state index contributed by atoms with van der Waals surface area (Å²) in [5.74, 6) is -1.10. The maximum absolute atomic E-state index is 12.4. The minimum absolute atomic E-state index is 0.0978. The van der Waals surface area contributed by atoms with Crippen LogP contribution in [0, 0.1) is 0 Å². The molecular formula is C11H14F6O3. The molecule has 0 aliphatic heterocycles. The van der Waals surface area contributed by atoms with Gasteiger partial charge in [0.15, 0.2) is 0 Å². The highest BCUT2D eigenvalue weighted by Crippen LogP contribution is 2.46. The van der Waals surface area contributed by atoms with E-state index in [9.17, 15) is 31.1 Å². The Morgan fingerprint density at radius 3 is 1.90 bits per heavy atom. The van der Waals surface area contributed by atoms with Gasteiger partial charge < -0.3 is 9.84 Å². The van der Waals surface area contributed by atoms with Crippen molar-refractivity contribution in [2.24, 2.45) is 0 Å². The smallest absolute Gasteiger partial charge is 0.426 e. The van der Waals surface area contributed by atoms with Crippen molar-refractivity contribution in [3.8, 4) is 0 Å². The van der Waals surface area contributed by atoms with Crippen molar-refractivity contribution in [3.63, 3.8) is 0 Å². The van der Waals surface area contributed by atoms with Gasteiger partial charge in [-0.15, -0.1) is 0 Å². The van der Waals surface area contributed by atoms with E-state index in [2.05, 4.69) is 11.3 Å². The summed E-state index contributed by atoms with van der Waals surface area (Å²) < 4.78 is 78.8. The zero-order valence-corrected chi connectivity index (χ0v) is 10.7. The molecule has 3 nitrogen and oxygen atoms in total. The molecule has 0 aromatic carbocycles. The Morgan fingerprint density at radius 2 is 1.60 bits per heavy atom. The number of hydrogen-bond acceptors (Lipinski definition) is 3. The van der Waals surface area contributed by atoms with Gasteiger partial charge in [0.25, 0.3) is 5.60 Å². The third-order valence-corrected chi connectivity index (χ3v) is 2.54. The van der Waals surface area contributed by atoms with Crippen LogP contribution >= 0.6 is 0 Å². The van der Waals surface area contributed by atoms with E-state index in [1.54, 1.807) is 0 Å². The molecule has 0 bridgehead atoms. The summed E-state index contributed by atoms with van der Waals surface area (Å²) in [7, 11) is 0. The van der Waals surface area contributed by atoms with Crippen molar-refractivity contribution in [2.75, 3.05) is 0 Å². The Bertz CT molecular complexity index is 357. The molecule has 0 saturated heterocycles. The molecule has 0 aromatic heterocycles. The Labute approximate surface area is 111 Å². The van der Waals surface area contributed by atoms with Gasteiger partial charge in [-0.05, 0) is 13.3 Å². The summed E-state index contributed by atoms with van der Waals surface area (Å²) in [6.45, 7) is 5.57. The Morgan fingerprint density at radius 1 is 1.20 bits per heavy atom. The average Bonchev–Trinajstić information content (AvgIpc) is 2.24. The first-order valence-corrected chi connectivity index (χ1v) is 5.50. The first-order chi connectivity index (χ1) is 8.76. The van der Waals surface area contributed by atoms with E-state index < -0.39 is 36.4 Å². The monoisotopic (exact) mass is 308 g/mol. The van der Waals surface area contributed by atoms with Gasteiger partial charge in [-0.3, -0.25) is 0 Å². The molecule has 0 aromatic rings. The van der Waals surface area contributed by atoms with Crippen LogP contribution in [0.1, 0.15) is 26.7 Å². The summed E-state index contributed by atoms with van der Waals surface area (Å²) in [5, 5.41) is 8.90. The fraction of sp³-hybridized carbons (Fsp3) is 0.727. The van der Waals surface area contributed by atoms with Crippen LogP contribution in [0.15, 0.2) is 12.2 Å². The maximum Gasteiger partial charge on any atom is 0.426 e. The van der Waals surface area contributed by atoms with Crippen molar-refractivity contribution in [2.45, 2.75) is 50.7 Å². The molecule has 0 radical (unpaired) electrons. The van der Waals surface area contributed by atoms with E-state index in [1.807, 2.05) is 0 Å². The van der Waals surface area contributed by atoms with Crippen LogP contribution in [-0.2, 0) is 9.53 Å². The number of carbonyl (C=O) groups excluding carboxylic acids is 1. The zero-order valence-electron chi connectivity index (χ0n) is 10.7. The van der Waals surface area contributed by atoms with Gasteiger partial charge in [0.2, 0.25) is 0 Å². The molecule has 20 heavy (non-hydrogen) atoms. The summed E-state index contributed by atoms with van der Waals surface area (Å²) in [4.78, 5) is 11.2. The van der Waals surface area contributed by atoms with Crippen LogP contribution in [0.4, 0.5) is 26.3 Å². The van der Waals surface area contributed by atoms with E-state index >= 15 is 0 Å². The molecule has 1 unspecified atom stereocenters. The van der Waals surface area contributed by atoms with E-state index in [4.69, 9.17) is 5.11 Å². The Kier molecular flexibility index (Phi) is 5.65. The van der Waals surface area contributed by atoms with Crippen molar-refractivity contribution < 1.29 is 41.0 Å². The number of halogens is 6. The van der Waals surface area contributed by atoms with E-state index in [1.165, 1.54) is 6.92 Å². The van der Waals surface area contributed by atoms with Crippen molar-refractivity contribution in [1.82, 2.24) is 0 Å². The van der Waals surface area contributed by atoms with Gasteiger partial charge in [0.1, 0.15) is 6.10 Å². The number of esters is 1. The lowest BCUT2D eigenvalue weighted by atomic mass is 9.95. The lowest BCUT2D eigenvalue weighted by molar-refractivity contribution is -0.373. The van der Waals surface area contributed by atoms with Gasteiger partial charge >= 0.3 is 18.3 Å². The second kappa shape index (κ2) is 6.02. The third kappa shape index (κ3) is 4.12. The maximum atomic E-state index is 12.4. The zero-order chi connectivity index (χ0) is 16.4. The van der Waals surface area contributed by atoms with Crippen molar-refractivity contribution in [1.29, 1.82) is 0 Å². The minimum atomic E-state index is -5.94. The first-order valence-electron chi connectivity index (χ1n) is 5.50. The van der Waals surface area contributed by atoms with Crippen LogP contribution in [0.25, 0.3) is 0 Å². The number of ether oxygens (including phenoxy) is 1. The topological polar surface area (TPSA) is 46.5 Å².